The lowest BCUT2D eigenvalue weighted by molar-refractivity contribution is -0.119. The van der Waals surface area contributed by atoms with Crippen LogP contribution in [0.4, 0.5) is 15.8 Å². The molecule has 0 atom stereocenters. The summed E-state index contributed by atoms with van der Waals surface area (Å²) in [6.07, 6.45) is 0. The molecule has 0 unspecified atom stereocenters. The van der Waals surface area contributed by atoms with Gasteiger partial charge in [0.05, 0.1) is 11.3 Å². The van der Waals surface area contributed by atoms with Crippen LogP contribution in [-0.2, 0) is 9.53 Å². The minimum Gasteiger partial charge on any atom is -0.452 e. The minimum atomic E-state index is -0.813. The van der Waals surface area contributed by atoms with Gasteiger partial charge in [0.2, 0.25) is 0 Å². The first-order valence-electron chi connectivity index (χ1n) is 9.64. The lowest BCUT2D eigenvalue weighted by Gasteiger charge is -2.13. The van der Waals surface area contributed by atoms with Crippen LogP contribution >= 0.6 is 11.6 Å². The van der Waals surface area contributed by atoms with E-state index in [1.165, 1.54) is 30.3 Å². The molecule has 0 heterocycles. The number of hydrogen-bond acceptors (Lipinski definition) is 4. The number of rotatable bonds is 6. The molecule has 32 heavy (non-hydrogen) atoms. The number of esters is 1. The van der Waals surface area contributed by atoms with Gasteiger partial charge in [-0.3, -0.25) is 9.59 Å². The van der Waals surface area contributed by atoms with Crippen LogP contribution in [0, 0.1) is 19.7 Å². The minimum absolute atomic E-state index is 0.0180. The molecule has 0 saturated heterocycles. The van der Waals surface area contributed by atoms with Crippen LogP contribution < -0.4 is 10.6 Å². The van der Waals surface area contributed by atoms with Crippen molar-refractivity contribution in [1.82, 2.24) is 0 Å². The van der Waals surface area contributed by atoms with Crippen molar-refractivity contribution in [3.8, 4) is 0 Å². The van der Waals surface area contributed by atoms with Gasteiger partial charge >= 0.3 is 5.97 Å². The standard InChI is InChI=1S/C24H20ClFN2O4/c1-14-4-3-5-20(15(14)2)27-22(29)13-32-24(31)19-11-8-17(25)12-21(19)28-23(30)16-6-9-18(26)10-7-16/h3-12H,13H2,1-2H3,(H,27,29)(H,28,30). The number of carbonyl (C=O) groups is 3. The van der Waals surface area contributed by atoms with Gasteiger partial charge in [0, 0.05) is 16.3 Å². The van der Waals surface area contributed by atoms with Crippen LogP contribution in [-0.4, -0.2) is 24.4 Å². The number of halogens is 2. The fourth-order valence-electron chi connectivity index (χ4n) is 2.88. The van der Waals surface area contributed by atoms with E-state index in [1.807, 2.05) is 26.0 Å². The van der Waals surface area contributed by atoms with Crippen molar-refractivity contribution in [2.45, 2.75) is 13.8 Å². The van der Waals surface area contributed by atoms with Gasteiger partial charge in [0.15, 0.2) is 6.61 Å². The Hall–Kier alpha value is -3.71. The summed E-state index contributed by atoms with van der Waals surface area (Å²) in [6.45, 7) is 3.29. The normalized spacial score (nSPS) is 10.4. The Balaban J connectivity index is 1.68. The Morgan fingerprint density at radius 1 is 0.938 bits per heavy atom. The molecule has 0 bridgehead atoms. The lowest BCUT2D eigenvalue weighted by atomic mass is 10.1. The van der Waals surface area contributed by atoms with Gasteiger partial charge in [-0.15, -0.1) is 0 Å². The van der Waals surface area contributed by atoms with Crippen LogP contribution in [0.2, 0.25) is 5.02 Å². The van der Waals surface area contributed by atoms with Crippen LogP contribution in [0.15, 0.2) is 60.7 Å². The van der Waals surface area contributed by atoms with E-state index < -0.39 is 30.2 Å². The first kappa shape index (κ1) is 23.0. The van der Waals surface area contributed by atoms with Gasteiger partial charge in [0.25, 0.3) is 11.8 Å². The molecule has 8 heteroatoms. The summed E-state index contributed by atoms with van der Waals surface area (Å²) < 4.78 is 18.2. The summed E-state index contributed by atoms with van der Waals surface area (Å²) >= 11 is 6.00. The summed E-state index contributed by atoms with van der Waals surface area (Å²) in [4.78, 5) is 37.2. The summed E-state index contributed by atoms with van der Waals surface area (Å²) in [5.41, 5.74) is 2.87. The second-order valence-corrected chi connectivity index (χ2v) is 7.46. The van der Waals surface area contributed by atoms with Crippen LogP contribution in [0.5, 0.6) is 0 Å². The largest absolute Gasteiger partial charge is 0.452 e. The predicted molar refractivity (Wildman–Crippen MR) is 121 cm³/mol. The molecule has 2 N–H and O–H groups in total. The van der Waals surface area contributed by atoms with Gasteiger partial charge < -0.3 is 15.4 Å². The molecule has 0 aromatic heterocycles. The molecule has 6 nitrogen and oxygen atoms in total. The molecule has 2 amide bonds. The SMILES string of the molecule is Cc1cccc(NC(=O)COC(=O)c2ccc(Cl)cc2NC(=O)c2ccc(F)cc2)c1C. The van der Waals surface area contributed by atoms with Crippen molar-refractivity contribution in [3.63, 3.8) is 0 Å². The van der Waals surface area contributed by atoms with E-state index in [-0.39, 0.29) is 21.8 Å². The maximum atomic E-state index is 13.1. The molecule has 3 aromatic rings. The molecule has 0 fully saturated rings. The highest BCUT2D eigenvalue weighted by Crippen LogP contribution is 2.23. The third-order valence-corrected chi connectivity index (χ3v) is 5.00. The summed E-state index contributed by atoms with van der Waals surface area (Å²) in [5, 5.41) is 5.55. The average molecular weight is 455 g/mol. The fraction of sp³-hybridized carbons (Fsp3) is 0.125. The molecule has 0 aliphatic rings. The predicted octanol–water partition coefficient (Wildman–Crippen LogP) is 5.14. The maximum Gasteiger partial charge on any atom is 0.340 e. The van der Waals surface area contributed by atoms with Crippen molar-refractivity contribution >= 4 is 40.8 Å². The molecule has 0 aliphatic carbocycles. The number of amides is 2. The van der Waals surface area contributed by atoms with E-state index in [0.717, 1.165) is 23.3 Å². The highest BCUT2D eigenvalue weighted by molar-refractivity contribution is 6.31. The highest BCUT2D eigenvalue weighted by Gasteiger charge is 2.18. The van der Waals surface area contributed by atoms with E-state index in [9.17, 15) is 18.8 Å². The average Bonchev–Trinajstić information content (AvgIpc) is 2.76. The summed E-state index contributed by atoms with van der Waals surface area (Å²) in [6, 6.07) is 14.6. The number of nitrogens with one attached hydrogen (secondary N) is 2. The Morgan fingerprint density at radius 3 is 2.38 bits per heavy atom. The van der Waals surface area contributed by atoms with Gasteiger partial charge in [0.1, 0.15) is 5.82 Å². The second-order valence-electron chi connectivity index (χ2n) is 7.02. The third-order valence-electron chi connectivity index (χ3n) is 4.77. The first-order chi connectivity index (χ1) is 15.2. The molecule has 0 spiro atoms. The third kappa shape index (κ3) is 5.70. The number of ether oxygens (including phenoxy) is 1. The number of benzene rings is 3. The van der Waals surface area contributed by atoms with Crippen LogP contribution in [0.25, 0.3) is 0 Å². The van der Waals surface area contributed by atoms with Crippen molar-refractivity contribution in [2.75, 3.05) is 17.2 Å². The van der Waals surface area contributed by atoms with Crippen molar-refractivity contribution < 1.29 is 23.5 Å². The van der Waals surface area contributed by atoms with E-state index in [4.69, 9.17) is 16.3 Å². The second kappa shape index (κ2) is 10.1. The fourth-order valence-corrected chi connectivity index (χ4v) is 3.05. The van der Waals surface area contributed by atoms with Crippen LogP contribution in [0.1, 0.15) is 31.8 Å². The molecule has 0 saturated carbocycles. The van der Waals surface area contributed by atoms with E-state index >= 15 is 0 Å². The zero-order valence-electron chi connectivity index (χ0n) is 17.4. The maximum absolute atomic E-state index is 13.1. The molecule has 164 valence electrons. The Kier molecular flexibility index (Phi) is 7.22. The van der Waals surface area contributed by atoms with Crippen molar-refractivity contribution in [1.29, 1.82) is 0 Å². The monoisotopic (exact) mass is 454 g/mol. The molecule has 3 aromatic carbocycles. The van der Waals surface area contributed by atoms with E-state index in [1.54, 1.807) is 6.07 Å². The van der Waals surface area contributed by atoms with Crippen LogP contribution in [0.3, 0.4) is 0 Å². The van der Waals surface area contributed by atoms with Gasteiger partial charge in [-0.05, 0) is 73.5 Å². The van der Waals surface area contributed by atoms with E-state index in [0.29, 0.717) is 5.69 Å². The summed E-state index contributed by atoms with van der Waals surface area (Å²) in [7, 11) is 0. The highest BCUT2D eigenvalue weighted by atomic mass is 35.5. The number of anilines is 2. The first-order valence-corrected chi connectivity index (χ1v) is 10.0. The summed E-state index contributed by atoms with van der Waals surface area (Å²) in [5.74, 6) is -2.35. The Bertz CT molecular complexity index is 1180. The zero-order chi connectivity index (χ0) is 23.3. The van der Waals surface area contributed by atoms with Gasteiger partial charge in [-0.1, -0.05) is 23.7 Å². The van der Waals surface area contributed by atoms with Gasteiger partial charge in [-0.25, -0.2) is 9.18 Å². The molecular weight excluding hydrogens is 435 g/mol. The Labute approximate surface area is 189 Å². The number of aryl methyl sites for hydroxylation is 1. The van der Waals surface area contributed by atoms with E-state index in [2.05, 4.69) is 10.6 Å². The quantitative estimate of drug-likeness (QED) is 0.505. The molecular formula is C24H20ClFN2O4. The lowest BCUT2D eigenvalue weighted by Crippen LogP contribution is -2.22. The zero-order valence-corrected chi connectivity index (χ0v) is 18.1. The number of hydrogen-bond donors (Lipinski definition) is 2. The molecule has 0 aliphatic heterocycles. The smallest absolute Gasteiger partial charge is 0.340 e. The van der Waals surface area contributed by atoms with Crippen molar-refractivity contribution in [3.05, 3.63) is 93.8 Å². The number of carbonyl (C=O) groups excluding carboxylic acids is 3. The van der Waals surface area contributed by atoms with Crippen molar-refractivity contribution in [2.24, 2.45) is 0 Å². The Morgan fingerprint density at radius 2 is 1.66 bits per heavy atom. The molecule has 3 rings (SSSR count). The topological polar surface area (TPSA) is 84.5 Å². The van der Waals surface area contributed by atoms with Gasteiger partial charge in [-0.2, -0.15) is 0 Å². The molecule has 0 radical (unpaired) electrons.